The zero-order chi connectivity index (χ0) is 14.1. The summed E-state index contributed by atoms with van der Waals surface area (Å²) in [6.45, 7) is 0.440. The van der Waals surface area contributed by atoms with Crippen LogP contribution in [0.3, 0.4) is 0 Å². The lowest BCUT2D eigenvalue weighted by Gasteiger charge is -2.12. The molecule has 0 N–H and O–H groups in total. The van der Waals surface area contributed by atoms with Crippen LogP contribution < -0.4 is 5.56 Å². The third kappa shape index (κ3) is 2.38. The Morgan fingerprint density at radius 1 is 1.30 bits per heavy atom. The molecule has 0 saturated carbocycles. The monoisotopic (exact) mass is 290 g/mol. The summed E-state index contributed by atoms with van der Waals surface area (Å²) in [5, 5.41) is 0.736. The van der Waals surface area contributed by atoms with Gasteiger partial charge in [0.05, 0.1) is 12.2 Å². The van der Waals surface area contributed by atoms with Crippen LogP contribution in [0.25, 0.3) is 0 Å². The standard InChI is InChI=1S/C15H15FN2OS/c1-20-15-17-13-4-2-3-12(13)14(19)18(15)9-10-5-7-11(16)8-6-10/h5-8H,2-4,9H2,1H3. The Balaban J connectivity index is 2.04. The number of hydrogen-bond donors (Lipinski definition) is 0. The summed E-state index contributed by atoms with van der Waals surface area (Å²) < 4.78 is 14.6. The second-order valence-electron chi connectivity index (χ2n) is 4.90. The molecule has 1 aromatic heterocycles. The van der Waals surface area contributed by atoms with Gasteiger partial charge >= 0.3 is 0 Å². The van der Waals surface area contributed by atoms with Gasteiger partial charge in [0.15, 0.2) is 5.16 Å². The number of nitrogens with zero attached hydrogens (tertiary/aromatic N) is 2. The van der Waals surface area contributed by atoms with Crippen molar-refractivity contribution in [3.8, 4) is 0 Å². The van der Waals surface area contributed by atoms with Gasteiger partial charge in [-0.2, -0.15) is 0 Å². The minimum Gasteiger partial charge on any atom is -0.283 e. The number of thioether (sulfide) groups is 1. The fourth-order valence-electron chi connectivity index (χ4n) is 2.57. The molecule has 0 saturated heterocycles. The molecule has 2 aromatic rings. The molecular weight excluding hydrogens is 275 g/mol. The van der Waals surface area contributed by atoms with Crippen LogP contribution in [-0.4, -0.2) is 15.8 Å². The molecule has 0 fully saturated rings. The fraction of sp³-hybridized carbons (Fsp3) is 0.333. The van der Waals surface area contributed by atoms with Crippen molar-refractivity contribution in [1.29, 1.82) is 0 Å². The molecule has 3 rings (SSSR count). The highest BCUT2D eigenvalue weighted by Gasteiger charge is 2.20. The number of halogens is 1. The Kier molecular flexibility index (Phi) is 3.61. The second kappa shape index (κ2) is 5.40. The molecule has 3 nitrogen and oxygen atoms in total. The summed E-state index contributed by atoms with van der Waals surface area (Å²) >= 11 is 1.48. The maximum absolute atomic E-state index is 12.9. The van der Waals surface area contributed by atoms with Gasteiger partial charge in [-0.05, 0) is 43.2 Å². The first-order chi connectivity index (χ1) is 9.69. The molecule has 0 radical (unpaired) electrons. The lowest BCUT2D eigenvalue weighted by molar-refractivity contribution is 0.617. The Morgan fingerprint density at radius 3 is 2.75 bits per heavy atom. The first-order valence-electron chi connectivity index (χ1n) is 6.60. The van der Waals surface area contributed by atoms with E-state index in [0.717, 1.165) is 41.2 Å². The van der Waals surface area contributed by atoms with Crippen LogP contribution >= 0.6 is 11.8 Å². The molecular formula is C15H15FN2OS. The molecule has 0 amide bonds. The van der Waals surface area contributed by atoms with Gasteiger partial charge in [0, 0.05) is 5.56 Å². The predicted octanol–water partition coefficient (Wildman–Crippen LogP) is 2.64. The summed E-state index contributed by atoms with van der Waals surface area (Å²) in [7, 11) is 0. The third-order valence-corrected chi connectivity index (χ3v) is 4.27. The van der Waals surface area contributed by atoms with Crippen LogP contribution in [0.5, 0.6) is 0 Å². The number of fused-ring (bicyclic) bond motifs is 1. The van der Waals surface area contributed by atoms with E-state index in [9.17, 15) is 9.18 Å². The van der Waals surface area contributed by atoms with Crippen molar-refractivity contribution >= 4 is 11.8 Å². The highest BCUT2D eigenvalue weighted by atomic mass is 32.2. The molecule has 1 aliphatic carbocycles. The number of hydrogen-bond acceptors (Lipinski definition) is 3. The van der Waals surface area contributed by atoms with Crippen molar-refractivity contribution in [1.82, 2.24) is 9.55 Å². The summed E-state index contributed by atoms with van der Waals surface area (Å²) in [5.41, 5.74) is 2.77. The highest BCUT2D eigenvalue weighted by Crippen LogP contribution is 2.21. The van der Waals surface area contributed by atoms with E-state index < -0.39 is 0 Å². The van der Waals surface area contributed by atoms with E-state index in [1.807, 2.05) is 6.26 Å². The van der Waals surface area contributed by atoms with Crippen molar-refractivity contribution in [2.75, 3.05) is 6.26 Å². The van der Waals surface area contributed by atoms with Gasteiger partial charge < -0.3 is 0 Å². The number of aromatic nitrogens is 2. The molecule has 0 bridgehead atoms. The van der Waals surface area contributed by atoms with Gasteiger partial charge in [0.25, 0.3) is 5.56 Å². The van der Waals surface area contributed by atoms with Crippen molar-refractivity contribution in [3.05, 3.63) is 57.3 Å². The SMILES string of the molecule is CSc1nc2c(c(=O)n1Cc1ccc(F)cc1)CCC2. The summed E-state index contributed by atoms with van der Waals surface area (Å²) in [6.07, 6.45) is 4.64. The van der Waals surface area contributed by atoms with Crippen LogP contribution in [0.15, 0.2) is 34.2 Å². The molecule has 5 heteroatoms. The van der Waals surface area contributed by atoms with Crippen molar-refractivity contribution in [3.63, 3.8) is 0 Å². The van der Waals surface area contributed by atoms with E-state index in [1.165, 1.54) is 23.9 Å². The maximum Gasteiger partial charge on any atom is 0.257 e. The number of aryl methyl sites for hydroxylation is 1. The van der Waals surface area contributed by atoms with E-state index in [2.05, 4.69) is 4.98 Å². The Bertz CT molecular complexity index is 694. The molecule has 1 aliphatic rings. The van der Waals surface area contributed by atoms with Crippen molar-refractivity contribution in [2.24, 2.45) is 0 Å². The molecule has 0 aliphatic heterocycles. The van der Waals surface area contributed by atoms with Gasteiger partial charge in [-0.1, -0.05) is 23.9 Å². The highest BCUT2D eigenvalue weighted by molar-refractivity contribution is 7.98. The first-order valence-corrected chi connectivity index (χ1v) is 7.82. The average molecular weight is 290 g/mol. The minimum atomic E-state index is -0.265. The summed E-state index contributed by atoms with van der Waals surface area (Å²) in [5.74, 6) is -0.265. The normalized spacial score (nSPS) is 13.5. The molecule has 20 heavy (non-hydrogen) atoms. The van der Waals surface area contributed by atoms with Crippen LogP contribution in [0.1, 0.15) is 23.2 Å². The smallest absolute Gasteiger partial charge is 0.257 e. The molecule has 0 atom stereocenters. The average Bonchev–Trinajstić information content (AvgIpc) is 2.92. The molecule has 0 unspecified atom stereocenters. The van der Waals surface area contributed by atoms with E-state index in [4.69, 9.17) is 0 Å². The van der Waals surface area contributed by atoms with Crippen molar-refractivity contribution in [2.45, 2.75) is 31.0 Å². The second-order valence-corrected chi connectivity index (χ2v) is 5.67. The Morgan fingerprint density at radius 2 is 2.05 bits per heavy atom. The lowest BCUT2D eigenvalue weighted by atomic mass is 10.2. The third-order valence-electron chi connectivity index (χ3n) is 3.59. The molecule has 1 aromatic carbocycles. The lowest BCUT2D eigenvalue weighted by Crippen LogP contribution is -2.27. The topological polar surface area (TPSA) is 34.9 Å². The largest absolute Gasteiger partial charge is 0.283 e. The number of benzene rings is 1. The quantitative estimate of drug-likeness (QED) is 0.644. The fourth-order valence-corrected chi connectivity index (χ4v) is 3.14. The van der Waals surface area contributed by atoms with Crippen molar-refractivity contribution < 1.29 is 4.39 Å². The van der Waals surface area contributed by atoms with E-state index in [-0.39, 0.29) is 11.4 Å². The van der Waals surface area contributed by atoms with Crippen LogP contribution in [0.4, 0.5) is 4.39 Å². The van der Waals surface area contributed by atoms with E-state index in [1.54, 1.807) is 16.7 Å². The van der Waals surface area contributed by atoms with E-state index in [0.29, 0.717) is 6.54 Å². The minimum absolute atomic E-state index is 0.0566. The summed E-state index contributed by atoms with van der Waals surface area (Å²) in [6, 6.07) is 6.25. The molecule has 104 valence electrons. The Labute approximate surface area is 120 Å². The van der Waals surface area contributed by atoms with Gasteiger partial charge in [-0.3, -0.25) is 9.36 Å². The first kappa shape index (κ1) is 13.4. The van der Waals surface area contributed by atoms with Gasteiger partial charge in [-0.25, -0.2) is 9.37 Å². The van der Waals surface area contributed by atoms with Crippen LogP contribution in [0, 0.1) is 5.82 Å². The van der Waals surface area contributed by atoms with Crippen LogP contribution in [-0.2, 0) is 19.4 Å². The van der Waals surface area contributed by atoms with Gasteiger partial charge in [0.2, 0.25) is 0 Å². The number of rotatable bonds is 3. The predicted molar refractivity (Wildman–Crippen MR) is 77.8 cm³/mol. The van der Waals surface area contributed by atoms with Gasteiger partial charge in [0.1, 0.15) is 5.82 Å². The Hall–Kier alpha value is -1.62. The van der Waals surface area contributed by atoms with E-state index >= 15 is 0 Å². The maximum atomic E-state index is 12.9. The summed E-state index contributed by atoms with van der Waals surface area (Å²) in [4.78, 5) is 17.1. The molecule has 0 spiro atoms. The van der Waals surface area contributed by atoms with Gasteiger partial charge in [-0.15, -0.1) is 0 Å². The van der Waals surface area contributed by atoms with Crippen LogP contribution in [0.2, 0.25) is 0 Å². The molecule has 1 heterocycles. The zero-order valence-corrected chi connectivity index (χ0v) is 12.0. The zero-order valence-electron chi connectivity index (χ0n) is 11.2.